The van der Waals surface area contributed by atoms with E-state index in [0.717, 1.165) is 64.7 Å². The Kier molecular flexibility index (Phi) is 6.28. The Morgan fingerprint density at radius 2 is 1.82 bits per heavy atom. The number of nitro benzene ring substituents is 1. The fraction of sp³-hybridized carbons (Fsp3) is 0.419. The molecule has 4 heterocycles. The predicted molar refractivity (Wildman–Crippen MR) is 157 cm³/mol. The molecule has 7 rings (SSSR count). The number of piperazine rings is 1. The number of likely N-dealkylation sites (tertiary alicyclic amines) is 1. The Labute approximate surface area is 233 Å². The molecule has 3 aliphatic heterocycles. The molecule has 4 aromatic rings. The normalized spacial score (nSPS) is 23.6. The number of anilines is 1. The van der Waals surface area contributed by atoms with Crippen molar-refractivity contribution in [3.8, 4) is 17.1 Å². The maximum absolute atomic E-state index is 11.8. The summed E-state index contributed by atoms with van der Waals surface area (Å²) in [5.41, 5.74) is 2.56. The van der Waals surface area contributed by atoms with Crippen LogP contribution in [-0.4, -0.2) is 70.7 Å². The van der Waals surface area contributed by atoms with Gasteiger partial charge < -0.3 is 15.0 Å². The number of nitrogens with one attached hydrogen (secondary N) is 1. The Balaban J connectivity index is 1.35. The van der Waals surface area contributed by atoms with E-state index in [9.17, 15) is 10.1 Å². The van der Waals surface area contributed by atoms with Gasteiger partial charge in [-0.3, -0.25) is 15.0 Å². The third kappa shape index (κ3) is 4.53. The SMILES string of the molecule is CC(Oc1nc(N2CC3CCC(C2)N3)c2ccc(-c3cc([N+](=O)[O-])cc4ccccc34)cc2n1)[C@@H]1CCCN1C. The van der Waals surface area contributed by atoms with Crippen LogP contribution < -0.4 is 15.0 Å². The maximum Gasteiger partial charge on any atom is 0.319 e. The Morgan fingerprint density at radius 1 is 1.02 bits per heavy atom. The molecule has 3 unspecified atom stereocenters. The van der Waals surface area contributed by atoms with E-state index < -0.39 is 0 Å². The van der Waals surface area contributed by atoms with E-state index in [1.807, 2.05) is 36.4 Å². The smallest absolute Gasteiger partial charge is 0.319 e. The molecule has 4 atom stereocenters. The lowest BCUT2D eigenvalue weighted by molar-refractivity contribution is -0.384. The molecular formula is C31H34N6O3. The van der Waals surface area contributed by atoms with Gasteiger partial charge in [-0.15, -0.1) is 0 Å². The Morgan fingerprint density at radius 3 is 2.58 bits per heavy atom. The number of likely N-dealkylation sites (N-methyl/N-ethyl adjacent to an activating group) is 1. The van der Waals surface area contributed by atoms with E-state index in [4.69, 9.17) is 14.7 Å². The first kappa shape index (κ1) is 25.2. The molecule has 9 heteroatoms. The number of benzene rings is 3. The van der Waals surface area contributed by atoms with Gasteiger partial charge in [-0.05, 0) is 80.2 Å². The Hall–Kier alpha value is -3.82. The molecule has 3 fully saturated rings. The van der Waals surface area contributed by atoms with Crippen molar-refractivity contribution in [2.45, 2.75) is 56.8 Å². The van der Waals surface area contributed by atoms with Gasteiger partial charge in [0, 0.05) is 48.7 Å². The first-order chi connectivity index (χ1) is 19.4. The maximum atomic E-state index is 11.8. The van der Waals surface area contributed by atoms with Crippen LogP contribution in [-0.2, 0) is 0 Å². The molecule has 0 radical (unpaired) electrons. The average Bonchev–Trinajstić information content (AvgIpc) is 3.55. The number of hydrogen-bond acceptors (Lipinski definition) is 8. The molecule has 2 bridgehead atoms. The number of fused-ring (bicyclic) bond motifs is 4. The van der Waals surface area contributed by atoms with E-state index >= 15 is 0 Å². The van der Waals surface area contributed by atoms with Crippen molar-refractivity contribution in [1.82, 2.24) is 20.2 Å². The van der Waals surface area contributed by atoms with Crippen LogP contribution in [0.1, 0.15) is 32.6 Å². The highest BCUT2D eigenvalue weighted by atomic mass is 16.6. The van der Waals surface area contributed by atoms with Crippen LogP contribution in [0.5, 0.6) is 6.01 Å². The molecule has 0 spiro atoms. The molecule has 0 saturated carbocycles. The number of non-ortho nitro benzene ring substituents is 1. The summed E-state index contributed by atoms with van der Waals surface area (Å²) < 4.78 is 6.45. The Bertz CT molecular complexity index is 1600. The largest absolute Gasteiger partial charge is 0.459 e. The number of nitrogens with zero attached hydrogens (tertiary/aromatic N) is 5. The van der Waals surface area contributed by atoms with Crippen molar-refractivity contribution >= 4 is 33.2 Å². The summed E-state index contributed by atoms with van der Waals surface area (Å²) in [7, 11) is 2.15. The van der Waals surface area contributed by atoms with Crippen molar-refractivity contribution in [3.05, 3.63) is 64.7 Å². The molecule has 40 heavy (non-hydrogen) atoms. The predicted octanol–water partition coefficient (Wildman–Crippen LogP) is 5.16. The molecule has 1 N–H and O–H groups in total. The van der Waals surface area contributed by atoms with Crippen molar-refractivity contribution < 1.29 is 9.66 Å². The van der Waals surface area contributed by atoms with Gasteiger partial charge in [0.2, 0.25) is 0 Å². The van der Waals surface area contributed by atoms with Crippen LogP contribution in [0.2, 0.25) is 0 Å². The number of aromatic nitrogens is 2. The topological polar surface area (TPSA) is 96.7 Å². The highest BCUT2D eigenvalue weighted by molar-refractivity contribution is 6.01. The van der Waals surface area contributed by atoms with Gasteiger partial charge in [0.15, 0.2) is 0 Å². The second-order valence-electron chi connectivity index (χ2n) is 11.6. The average molecular weight is 539 g/mol. The van der Waals surface area contributed by atoms with E-state index in [2.05, 4.69) is 35.2 Å². The lowest BCUT2D eigenvalue weighted by Crippen LogP contribution is -2.51. The molecule has 3 aliphatic rings. The lowest BCUT2D eigenvalue weighted by Gasteiger charge is -2.34. The summed E-state index contributed by atoms with van der Waals surface area (Å²) >= 11 is 0. The highest BCUT2D eigenvalue weighted by Gasteiger charge is 2.34. The standard InChI is InChI=1S/C31H34N6O3/c1-19(29-8-5-13-35(29)2)40-31-33-28-15-21(27-16-24(37(38)39)14-20-6-3-4-7-25(20)27)9-12-26(28)30(34-31)36-17-22-10-11-23(18-36)32-22/h3-4,6-7,9,12,14-16,19,22-23,29,32H,5,8,10-11,13,17-18H2,1-2H3/t19?,22?,23?,29-/m0/s1. The first-order valence-corrected chi connectivity index (χ1v) is 14.3. The van der Waals surface area contributed by atoms with Gasteiger partial charge in [-0.2, -0.15) is 9.97 Å². The number of hydrogen-bond donors (Lipinski definition) is 1. The lowest BCUT2D eigenvalue weighted by atomic mass is 9.96. The number of ether oxygens (including phenoxy) is 1. The van der Waals surface area contributed by atoms with Gasteiger partial charge >= 0.3 is 6.01 Å². The van der Waals surface area contributed by atoms with Gasteiger partial charge in [0.25, 0.3) is 5.69 Å². The zero-order chi connectivity index (χ0) is 27.4. The molecule has 206 valence electrons. The van der Waals surface area contributed by atoms with Crippen LogP contribution in [0.15, 0.2) is 54.6 Å². The quantitative estimate of drug-likeness (QED) is 0.266. The number of nitro groups is 1. The molecular weight excluding hydrogens is 504 g/mol. The van der Waals surface area contributed by atoms with Crippen molar-refractivity contribution in [2.75, 3.05) is 31.6 Å². The third-order valence-corrected chi connectivity index (χ3v) is 8.95. The zero-order valence-electron chi connectivity index (χ0n) is 22.9. The van der Waals surface area contributed by atoms with Crippen LogP contribution in [0.4, 0.5) is 11.5 Å². The van der Waals surface area contributed by atoms with Crippen molar-refractivity contribution in [3.63, 3.8) is 0 Å². The van der Waals surface area contributed by atoms with Crippen LogP contribution in [0, 0.1) is 10.1 Å². The summed E-state index contributed by atoms with van der Waals surface area (Å²) in [6, 6.07) is 18.9. The monoisotopic (exact) mass is 538 g/mol. The molecule has 1 aromatic heterocycles. The minimum absolute atomic E-state index is 0.0408. The third-order valence-electron chi connectivity index (χ3n) is 8.95. The van der Waals surface area contributed by atoms with Gasteiger partial charge in [-0.25, -0.2) is 0 Å². The van der Waals surface area contributed by atoms with Gasteiger partial charge in [0.1, 0.15) is 11.9 Å². The van der Waals surface area contributed by atoms with Crippen LogP contribution >= 0.6 is 0 Å². The van der Waals surface area contributed by atoms with Gasteiger partial charge in [0.05, 0.1) is 10.4 Å². The fourth-order valence-electron chi connectivity index (χ4n) is 6.94. The van der Waals surface area contributed by atoms with Crippen molar-refractivity contribution in [1.29, 1.82) is 0 Å². The van der Waals surface area contributed by atoms with E-state index in [1.165, 1.54) is 19.3 Å². The summed E-state index contributed by atoms with van der Waals surface area (Å²) in [4.78, 5) is 26.1. The highest BCUT2D eigenvalue weighted by Crippen LogP contribution is 2.37. The summed E-state index contributed by atoms with van der Waals surface area (Å²) in [6.07, 6.45) is 4.60. The second-order valence-corrected chi connectivity index (χ2v) is 11.6. The molecule has 0 amide bonds. The molecule has 3 saturated heterocycles. The molecule has 9 nitrogen and oxygen atoms in total. The van der Waals surface area contributed by atoms with E-state index in [0.29, 0.717) is 24.1 Å². The summed E-state index contributed by atoms with van der Waals surface area (Å²) in [6.45, 7) is 4.99. The molecule has 3 aromatic carbocycles. The van der Waals surface area contributed by atoms with Crippen LogP contribution in [0.25, 0.3) is 32.8 Å². The van der Waals surface area contributed by atoms with Crippen LogP contribution in [0.3, 0.4) is 0 Å². The number of rotatable bonds is 6. The van der Waals surface area contributed by atoms with Gasteiger partial charge in [-0.1, -0.05) is 30.3 Å². The van der Waals surface area contributed by atoms with E-state index in [1.54, 1.807) is 12.1 Å². The summed E-state index contributed by atoms with van der Waals surface area (Å²) in [5.74, 6) is 0.904. The zero-order valence-corrected chi connectivity index (χ0v) is 22.9. The second kappa shape index (κ2) is 9.98. The summed E-state index contributed by atoms with van der Waals surface area (Å²) in [5, 5.41) is 18.2. The molecule has 0 aliphatic carbocycles. The van der Waals surface area contributed by atoms with E-state index in [-0.39, 0.29) is 16.7 Å². The first-order valence-electron chi connectivity index (χ1n) is 14.3. The minimum Gasteiger partial charge on any atom is -0.459 e. The minimum atomic E-state index is -0.330. The fourth-order valence-corrected chi connectivity index (χ4v) is 6.94. The van der Waals surface area contributed by atoms with Crippen molar-refractivity contribution in [2.24, 2.45) is 0 Å².